The molecule has 0 radical (unpaired) electrons. The fraction of sp³-hybridized carbons (Fsp3) is 0.733. The molecule has 1 atom stereocenters. The van der Waals surface area contributed by atoms with E-state index in [9.17, 15) is 9.90 Å². The van der Waals surface area contributed by atoms with E-state index in [0.717, 1.165) is 25.7 Å². The van der Waals surface area contributed by atoms with Gasteiger partial charge in [-0.05, 0) is 26.7 Å². The molecule has 0 saturated heterocycles. The van der Waals surface area contributed by atoms with Crippen LogP contribution in [0.25, 0.3) is 0 Å². The summed E-state index contributed by atoms with van der Waals surface area (Å²) in [7, 11) is 0. The lowest BCUT2D eigenvalue weighted by Crippen LogP contribution is -2.47. The Kier molecular flexibility index (Phi) is 5.61. The van der Waals surface area contributed by atoms with Gasteiger partial charge in [-0.2, -0.15) is 5.10 Å². The lowest BCUT2D eigenvalue weighted by molar-refractivity contribution is 0.105. The van der Waals surface area contributed by atoms with Crippen LogP contribution in [0.1, 0.15) is 46.0 Å². The zero-order valence-corrected chi connectivity index (χ0v) is 13.0. The first-order valence-corrected chi connectivity index (χ1v) is 7.89. The zero-order chi connectivity index (χ0) is 15.2. The van der Waals surface area contributed by atoms with Gasteiger partial charge in [-0.1, -0.05) is 19.3 Å². The molecule has 1 unspecified atom stereocenters. The highest BCUT2D eigenvalue weighted by Crippen LogP contribution is 2.23. The third-order valence-corrected chi connectivity index (χ3v) is 3.99. The molecule has 1 aliphatic rings. The monoisotopic (exact) mass is 294 g/mol. The number of aliphatic hydroxyl groups is 1. The Balaban J connectivity index is 2.06. The summed E-state index contributed by atoms with van der Waals surface area (Å²) in [6.07, 6.45) is 6.75. The van der Waals surface area contributed by atoms with Crippen LogP contribution in [0.5, 0.6) is 0 Å². The first-order valence-electron chi connectivity index (χ1n) is 7.89. The molecule has 0 aromatic carbocycles. The highest BCUT2D eigenvalue weighted by Gasteiger charge is 2.26. The molecule has 2 rings (SSSR count). The van der Waals surface area contributed by atoms with Crippen LogP contribution in [0.3, 0.4) is 0 Å². The van der Waals surface area contributed by atoms with Crippen molar-refractivity contribution in [2.24, 2.45) is 0 Å². The number of aryl methyl sites for hydroxylation is 1. The Hall–Kier alpha value is -1.56. The molecule has 1 aromatic rings. The van der Waals surface area contributed by atoms with Crippen LogP contribution in [0.2, 0.25) is 0 Å². The Morgan fingerprint density at radius 2 is 2.24 bits per heavy atom. The molecule has 1 aliphatic carbocycles. The molecular formula is C15H26N4O2. The molecular weight excluding hydrogens is 268 g/mol. The van der Waals surface area contributed by atoms with Crippen LogP contribution in [0.15, 0.2) is 12.3 Å². The molecule has 2 amide bonds. The molecule has 21 heavy (non-hydrogen) atoms. The van der Waals surface area contributed by atoms with Crippen LogP contribution in [-0.4, -0.2) is 44.5 Å². The van der Waals surface area contributed by atoms with E-state index in [2.05, 4.69) is 10.4 Å². The van der Waals surface area contributed by atoms with Crippen LogP contribution in [-0.2, 0) is 6.54 Å². The Bertz CT molecular complexity index is 452. The smallest absolute Gasteiger partial charge is 0.323 e. The van der Waals surface area contributed by atoms with E-state index < -0.39 is 6.10 Å². The molecule has 2 N–H and O–H groups in total. The second-order valence-electron chi connectivity index (χ2n) is 5.76. The highest BCUT2D eigenvalue weighted by atomic mass is 16.3. The largest absolute Gasteiger partial charge is 0.392 e. The number of rotatable bonds is 5. The second kappa shape index (κ2) is 7.45. The summed E-state index contributed by atoms with van der Waals surface area (Å²) < 4.78 is 1.75. The van der Waals surface area contributed by atoms with Crippen molar-refractivity contribution in [3.05, 3.63) is 12.3 Å². The average Bonchev–Trinajstić information content (AvgIpc) is 2.92. The third-order valence-electron chi connectivity index (χ3n) is 3.99. The van der Waals surface area contributed by atoms with Crippen LogP contribution in [0.4, 0.5) is 10.6 Å². The molecule has 0 spiro atoms. The van der Waals surface area contributed by atoms with Gasteiger partial charge in [-0.3, -0.25) is 5.32 Å². The maximum atomic E-state index is 12.6. The van der Waals surface area contributed by atoms with Crippen molar-refractivity contribution in [2.75, 3.05) is 11.9 Å². The maximum Gasteiger partial charge on any atom is 0.323 e. The number of urea groups is 1. The zero-order valence-electron chi connectivity index (χ0n) is 13.0. The van der Waals surface area contributed by atoms with Gasteiger partial charge in [0.05, 0.1) is 12.3 Å². The summed E-state index contributed by atoms with van der Waals surface area (Å²) in [4.78, 5) is 14.4. The number of anilines is 1. The number of carbonyl (C=O) groups excluding carboxylic acids is 1. The van der Waals surface area contributed by atoms with Crippen LogP contribution in [0, 0.1) is 0 Å². The lowest BCUT2D eigenvalue weighted by atomic mass is 9.94. The number of nitrogens with one attached hydrogen (secondary N) is 1. The van der Waals surface area contributed by atoms with E-state index in [1.807, 2.05) is 6.92 Å². The number of hydrogen-bond acceptors (Lipinski definition) is 3. The summed E-state index contributed by atoms with van der Waals surface area (Å²) in [5.41, 5.74) is 0. The van der Waals surface area contributed by atoms with Gasteiger partial charge in [0, 0.05) is 25.2 Å². The number of nitrogens with zero attached hydrogens (tertiary/aromatic N) is 3. The minimum Gasteiger partial charge on any atom is -0.392 e. The molecule has 118 valence electrons. The first kappa shape index (κ1) is 15.8. The number of hydrogen-bond donors (Lipinski definition) is 2. The lowest BCUT2D eigenvalue weighted by Gasteiger charge is -2.35. The van der Waals surface area contributed by atoms with Gasteiger partial charge in [0.2, 0.25) is 0 Å². The maximum absolute atomic E-state index is 12.6. The molecule has 1 saturated carbocycles. The highest BCUT2D eigenvalue weighted by molar-refractivity contribution is 5.88. The van der Waals surface area contributed by atoms with Gasteiger partial charge in [0.1, 0.15) is 5.82 Å². The van der Waals surface area contributed by atoms with E-state index in [1.165, 1.54) is 6.42 Å². The fourth-order valence-corrected chi connectivity index (χ4v) is 2.95. The molecule has 1 aromatic heterocycles. The molecule has 1 heterocycles. The summed E-state index contributed by atoms with van der Waals surface area (Å²) in [5.74, 6) is 0.703. The fourth-order valence-electron chi connectivity index (χ4n) is 2.95. The third kappa shape index (κ3) is 4.20. The first-order chi connectivity index (χ1) is 10.1. The van der Waals surface area contributed by atoms with Crippen molar-refractivity contribution in [3.8, 4) is 0 Å². The predicted octanol–water partition coefficient (Wildman–Crippen LogP) is 2.45. The van der Waals surface area contributed by atoms with Crippen molar-refractivity contribution in [3.63, 3.8) is 0 Å². The average molecular weight is 294 g/mol. The summed E-state index contributed by atoms with van der Waals surface area (Å²) in [5, 5.41) is 16.8. The molecule has 1 fully saturated rings. The van der Waals surface area contributed by atoms with Crippen molar-refractivity contribution >= 4 is 11.8 Å². The Morgan fingerprint density at radius 3 is 2.86 bits per heavy atom. The van der Waals surface area contributed by atoms with Gasteiger partial charge in [0.25, 0.3) is 0 Å². The van der Waals surface area contributed by atoms with Crippen molar-refractivity contribution in [1.29, 1.82) is 0 Å². The van der Waals surface area contributed by atoms with Crippen molar-refractivity contribution in [2.45, 2.75) is 64.6 Å². The molecule has 6 heteroatoms. The number of aromatic nitrogens is 2. The number of carbonyl (C=O) groups is 1. The topological polar surface area (TPSA) is 70.4 Å². The van der Waals surface area contributed by atoms with Gasteiger partial charge in [-0.25, -0.2) is 9.48 Å². The minimum atomic E-state index is -0.520. The standard InChI is InChI=1S/C15H26N4O2/c1-3-19-14(9-10-16-19)17-15(21)18(11-12(2)20)13-7-5-4-6-8-13/h9-10,12-13,20H,3-8,11H2,1-2H3,(H,17,21). The molecule has 0 aliphatic heterocycles. The van der Waals surface area contributed by atoms with Gasteiger partial charge in [-0.15, -0.1) is 0 Å². The normalized spacial score (nSPS) is 17.5. The van der Waals surface area contributed by atoms with Gasteiger partial charge in [0.15, 0.2) is 0 Å². The summed E-state index contributed by atoms with van der Waals surface area (Å²) in [6, 6.07) is 1.88. The Morgan fingerprint density at radius 1 is 1.52 bits per heavy atom. The van der Waals surface area contributed by atoms with Crippen molar-refractivity contribution in [1.82, 2.24) is 14.7 Å². The van der Waals surface area contributed by atoms with E-state index in [0.29, 0.717) is 18.9 Å². The quantitative estimate of drug-likeness (QED) is 0.876. The number of amides is 2. The summed E-state index contributed by atoms with van der Waals surface area (Å²) in [6.45, 7) is 4.79. The van der Waals surface area contributed by atoms with Gasteiger partial charge >= 0.3 is 6.03 Å². The van der Waals surface area contributed by atoms with E-state index in [-0.39, 0.29) is 12.1 Å². The van der Waals surface area contributed by atoms with Crippen molar-refractivity contribution < 1.29 is 9.90 Å². The van der Waals surface area contributed by atoms with Crippen LogP contribution < -0.4 is 5.32 Å². The van der Waals surface area contributed by atoms with E-state index in [4.69, 9.17) is 0 Å². The number of aliphatic hydroxyl groups excluding tert-OH is 1. The minimum absolute atomic E-state index is 0.141. The molecule has 0 bridgehead atoms. The van der Waals surface area contributed by atoms with E-state index in [1.54, 1.807) is 28.8 Å². The summed E-state index contributed by atoms with van der Waals surface area (Å²) >= 11 is 0. The van der Waals surface area contributed by atoms with Crippen LogP contribution >= 0.6 is 0 Å². The second-order valence-corrected chi connectivity index (χ2v) is 5.76. The SMILES string of the molecule is CCn1nccc1NC(=O)N(CC(C)O)C1CCCCC1. The van der Waals surface area contributed by atoms with Gasteiger partial charge < -0.3 is 10.0 Å². The Labute approximate surface area is 126 Å². The predicted molar refractivity (Wildman–Crippen MR) is 82.2 cm³/mol. The van der Waals surface area contributed by atoms with E-state index >= 15 is 0 Å². The molecule has 6 nitrogen and oxygen atoms in total.